The molecule has 0 fully saturated rings. The van der Waals surface area contributed by atoms with Crippen molar-refractivity contribution in [1.82, 2.24) is 9.88 Å². The van der Waals surface area contributed by atoms with Gasteiger partial charge in [-0.2, -0.15) is 0 Å². The number of benzene rings is 2. The number of amides is 1. The Labute approximate surface area is 176 Å². The maximum Gasteiger partial charge on any atom is 0.307 e. The monoisotopic (exact) mass is 406 g/mol. The van der Waals surface area contributed by atoms with Crippen LogP contribution in [-0.4, -0.2) is 40.5 Å². The number of carbonyl (C=O) groups is 2. The summed E-state index contributed by atoms with van der Waals surface area (Å²) in [7, 11) is 1.59. The fourth-order valence-electron chi connectivity index (χ4n) is 3.54. The average molecular weight is 406 g/mol. The number of carbonyl (C=O) groups excluding carboxylic acids is 1. The molecule has 0 aliphatic carbocycles. The summed E-state index contributed by atoms with van der Waals surface area (Å²) < 4.78 is 5.57. The van der Waals surface area contributed by atoms with Crippen molar-refractivity contribution in [2.24, 2.45) is 0 Å². The maximum absolute atomic E-state index is 12.4. The van der Waals surface area contributed by atoms with Crippen molar-refractivity contribution in [3.05, 3.63) is 59.8 Å². The van der Waals surface area contributed by atoms with Crippen molar-refractivity contribution in [2.45, 2.75) is 33.2 Å². The van der Waals surface area contributed by atoms with Gasteiger partial charge in [0.2, 0.25) is 5.91 Å². The van der Waals surface area contributed by atoms with Gasteiger partial charge >= 0.3 is 5.97 Å². The molecule has 0 saturated heterocycles. The molecule has 6 nitrogen and oxygen atoms in total. The topological polar surface area (TPSA) is 79.7 Å². The smallest absolute Gasteiger partial charge is 0.307 e. The Morgan fingerprint density at radius 2 is 1.83 bits per heavy atom. The van der Waals surface area contributed by atoms with Crippen molar-refractivity contribution in [1.29, 1.82) is 0 Å². The first-order chi connectivity index (χ1) is 14.5. The quantitative estimate of drug-likeness (QED) is 0.603. The number of methoxy groups -OCH3 is 1. The summed E-state index contributed by atoms with van der Waals surface area (Å²) in [5, 5.41) is 10.2. The largest absolute Gasteiger partial charge is 0.496 e. The van der Waals surface area contributed by atoms with E-state index in [1.807, 2.05) is 50.2 Å². The molecule has 30 heavy (non-hydrogen) atoms. The molecular formula is C24H26N2O4. The molecule has 1 amide bonds. The lowest BCUT2D eigenvalue weighted by Gasteiger charge is -2.22. The minimum atomic E-state index is -0.895. The Bertz CT molecular complexity index is 1080. The molecule has 156 valence electrons. The van der Waals surface area contributed by atoms with Gasteiger partial charge in [-0.15, -0.1) is 0 Å². The minimum Gasteiger partial charge on any atom is -0.496 e. The number of aliphatic carboxylic acids is 1. The summed E-state index contributed by atoms with van der Waals surface area (Å²) in [6, 6.07) is 15.2. The average Bonchev–Trinajstić information content (AvgIpc) is 2.75. The van der Waals surface area contributed by atoms with E-state index in [9.17, 15) is 14.7 Å². The van der Waals surface area contributed by atoms with Gasteiger partial charge in [-0.05, 0) is 36.8 Å². The van der Waals surface area contributed by atoms with Crippen LogP contribution in [0, 0.1) is 0 Å². The molecule has 0 spiro atoms. The number of pyridine rings is 1. The maximum atomic E-state index is 12.4. The van der Waals surface area contributed by atoms with Crippen LogP contribution in [0.1, 0.15) is 31.5 Å². The predicted octanol–water partition coefficient (Wildman–Crippen LogP) is 4.30. The number of hydrogen-bond acceptors (Lipinski definition) is 4. The van der Waals surface area contributed by atoms with Crippen LogP contribution in [0.2, 0.25) is 0 Å². The Morgan fingerprint density at radius 3 is 2.50 bits per heavy atom. The van der Waals surface area contributed by atoms with Crippen LogP contribution in [-0.2, 0) is 22.6 Å². The molecule has 0 aliphatic heterocycles. The second-order valence-corrected chi connectivity index (χ2v) is 7.04. The lowest BCUT2D eigenvalue weighted by molar-refractivity contribution is -0.136. The number of nitrogens with zero attached hydrogens (tertiary/aromatic N) is 2. The summed E-state index contributed by atoms with van der Waals surface area (Å²) in [5.74, 6) is -0.203. The number of rotatable bonds is 8. The third kappa shape index (κ3) is 4.59. The summed E-state index contributed by atoms with van der Waals surface area (Å²) in [4.78, 5) is 30.2. The highest BCUT2D eigenvalue weighted by Crippen LogP contribution is 2.35. The Hall–Kier alpha value is -3.41. The number of aromatic nitrogens is 1. The molecule has 1 N–H and O–H groups in total. The van der Waals surface area contributed by atoms with Crippen molar-refractivity contribution in [3.63, 3.8) is 0 Å². The van der Waals surface area contributed by atoms with Gasteiger partial charge in [0, 0.05) is 29.5 Å². The summed E-state index contributed by atoms with van der Waals surface area (Å²) >= 11 is 0. The standard InChI is InChI=1S/C24H26N2O4/c1-4-23(27)26(5-2)15-21-18(14-17-8-6-7-9-20(17)25-21)19-12-16(13-24(28)29)10-11-22(19)30-3/h6-12,14H,4-5,13,15H2,1-3H3,(H,28,29). The molecule has 1 heterocycles. The summed E-state index contributed by atoms with van der Waals surface area (Å²) in [6.45, 7) is 4.74. The molecular weight excluding hydrogens is 380 g/mol. The van der Waals surface area contributed by atoms with Gasteiger partial charge in [0.15, 0.2) is 0 Å². The van der Waals surface area contributed by atoms with Crippen LogP contribution >= 0.6 is 0 Å². The van der Waals surface area contributed by atoms with Crippen molar-refractivity contribution < 1.29 is 19.4 Å². The van der Waals surface area contributed by atoms with E-state index in [1.165, 1.54) is 0 Å². The van der Waals surface area contributed by atoms with E-state index in [0.717, 1.165) is 27.7 Å². The number of para-hydroxylation sites is 1. The Morgan fingerprint density at radius 1 is 1.07 bits per heavy atom. The highest BCUT2D eigenvalue weighted by atomic mass is 16.5. The number of carboxylic acids is 1. The Kier molecular flexibility index (Phi) is 6.67. The van der Waals surface area contributed by atoms with E-state index in [2.05, 4.69) is 0 Å². The number of hydrogen-bond donors (Lipinski definition) is 1. The predicted molar refractivity (Wildman–Crippen MR) is 116 cm³/mol. The lowest BCUT2D eigenvalue weighted by atomic mass is 9.97. The van der Waals surface area contributed by atoms with Crippen LogP contribution < -0.4 is 4.74 Å². The summed E-state index contributed by atoms with van der Waals surface area (Å²) in [6.07, 6.45) is 0.344. The molecule has 0 bridgehead atoms. The van der Waals surface area contributed by atoms with Crippen LogP contribution in [0.4, 0.5) is 0 Å². The van der Waals surface area contributed by atoms with E-state index in [-0.39, 0.29) is 12.3 Å². The minimum absolute atomic E-state index is 0.0602. The molecule has 0 saturated carbocycles. The van der Waals surface area contributed by atoms with Gasteiger partial charge in [0.1, 0.15) is 5.75 Å². The van der Waals surface area contributed by atoms with E-state index < -0.39 is 5.97 Å². The fraction of sp³-hybridized carbons (Fsp3) is 0.292. The van der Waals surface area contributed by atoms with Crippen LogP contribution in [0.15, 0.2) is 48.5 Å². The van der Waals surface area contributed by atoms with E-state index in [4.69, 9.17) is 9.72 Å². The molecule has 1 aromatic heterocycles. The van der Waals surface area contributed by atoms with Crippen molar-refractivity contribution in [2.75, 3.05) is 13.7 Å². The van der Waals surface area contributed by atoms with Crippen LogP contribution in [0.5, 0.6) is 5.75 Å². The SMILES string of the molecule is CCC(=O)N(CC)Cc1nc2ccccc2cc1-c1cc(CC(=O)O)ccc1OC. The molecule has 0 unspecified atom stereocenters. The first-order valence-corrected chi connectivity index (χ1v) is 10.0. The van der Waals surface area contributed by atoms with Crippen molar-refractivity contribution >= 4 is 22.8 Å². The van der Waals surface area contributed by atoms with Gasteiger partial charge in [-0.1, -0.05) is 31.2 Å². The van der Waals surface area contributed by atoms with E-state index in [1.54, 1.807) is 24.1 Å². The van der Waals surface area contributed by atoms with Gasteiger partial charge < -0.3 is 14.7 Å². The zero-order valence-corrected chi connectivity index (χ0v) is 17.5. The first-order valence-electron chi connectivity index (χ1n) is 10.0. The molecule has 0 aliphatic rings. The zero-order valence-electron chi connectivity index (χ0n) is 17.5. The second kappa shape index (κ2) is 9.39. The molecule has 6 heteroatoms. The van der Waals surface area contributed by atoms with Crippen LogP contribution in [0.25, 0.3) is 22.0 Å². The van der Waals surface area contributed by atoms with Gasteiger partial charge in [-0.25, -0.2) is 0 Å². The molecule has 0 atom stereocenters. The number of carboxylic acid groups (broad SMARTS) is 1. The number of ether oxygens (including phenoxy) is 1. The third-order valence-corrected chi connectivity index (χ3v) is 5.09. The Balaban J connectivity index is 2.20. The van der Waals surface area contributed by atoms with E-state index in [0.29, 0.717) is 30.8 Å². The van der Waals surface area contributed by atoms with Gasteiger partial charge in [-0.3, -0.25) is 14.6 Å². The summed E-state index contributed by atoms with van der Waals surface area (Å²) in [5.41, 5.74) is 3.87. The fourth-order valence-corrected chi connectivity index (χ4v) is 3.54. The molecule has 3 rings (SSSR count). The third-order valence-electron chi connectivity index (χ3n) is 5.09. The molecule has 3 aromatic rings. The first kappa shape index (κ1) is 21.3. The van der Waals surface area contributed by atoms with E-state index >= 15 is 0 Å². The van der Waals surface area contributed by atoms with Gasteiger partial charge in [0.25, 0.3) is 0 Å². The number of fused-ring (bicyclic) bond motifs is 1. The lowest BCUT2D eigenvalue weighted by Crippen LogP contribution is -2.30. The van der Waals surface area contributed by atoms with Crippen molar-refractivity contribution in [3.8, 4) is 16.9 Å². The highest BCUT2D eigenvalue weighted by Gasteiger charge is 2.18. The van der Waals surface area contributed by atoms with Crippen LogP contribution in [0.3, 0.4) is 0 Å². The molecule has 0 radical (unpaired) electrons. The second-order valence-electron chi connectivity index (χ2n) is 7.04. The molecule has 2 aromatic carbocycles. The van der Waals surface area contributed by atoms with Gasteiger partial charge in [0.05, 0.1) is 31.3 Å². The zero-order chi connectivity index (χ0) is 21.7. The highest BCUT2D eigenvalue weighted by molar-refractivity contribution is 5.87. The normalized spacial score (nSPS) is 10.8.